The molecule has 0 spiro atoms. The first-order chi connectivity index (χ1) is 6.63. The number of nitrogens with zero attached hydrogens (tertiary/aromatic N) is 1. The summed E-state index contributed by atoms with van der Waals surface area (Å²) >= 11 is 1.69. The van der Waals surface area contributed by atoms with Crippen molar-refractivity contribution in [1.82, 2.24) is 10.4 Å². The van der Waals surface area contributed by atoms with Gasteiger partial charge in [-0.2, -0.15) is 0 Å². The SMILES string of the molecule is C=C(C)CCC(NN)c1cnc(C)s1. The summed E-state index contributed by atoms with van der Waals surface area (Å²) in [5, 5.41) is 1.08. The monoisotopic (exact) mass is 211 g/mol. The fourth-order valence-corrected chi connectivity index (χ4v) is 2.12. The molecule has 3 nitrogen and oxygen atoms in total. The number of nitrogens with one attached hydrogen (secondary N) is 1. The molecular formula is C10H17N3S. The van der Waals surface area contributed by atoms with E-state index in [1.54, 1.807) is 11.3 Å². The Morgan fingerprint density at radius 1 is 1.79 bits per heavy atom. The van der Waals surface area contributed by atoms with Crippen molar-refractivity contribution in [1.29, 1.82) is 0 Å². The molecule has 4 heteroatoms. The second-order valence-corrected chi connectivity index (χ2v) is 4.76. The molecule has 0 aliphatic heterocycles. The molecule has 0 aliphatic carbocycles. The van der Waals surface area contributed by atoms with Gasteiger partial charge < -0.3 is 0 Å². The van der Waals surface area contributed by atoms with Crippen LogP contribution < -0.4 is 11.3 Å². The van der Waals surface area contributed by atoms with Crippen LogP contribution in [0.5, 0.6) is 0 Å². The Kier molecular flexibility index (Phi) is 4.25. The number of nitrogens with two attached hydrogens (primary N) is 1. The molecule has 0 fully saturated rings. The predicted molar refractivity (Wildman–Crippen MR) is 61.0 cm³/mol. The summed E-state index contributed by atoms with van der Waals surface area (Å²) in [6.45, 7) is 7.91. The summed E-state index contributed by atoms with van der Waals surface area (Å²) in [5.41, 5.74) is 4.00. The van der Waals surface area contributed by atoms with Gasteiger partial charge in [0.1, 0.15) is 0 Å². The van der Waals surface area contributed by atoms with Gasteiger partial charge in [-0.05, 0) is 26.7 Å². The maximum atomic E-state index is 5.50. The van der Waals surface area contributed by atoms with Crippen LogP contribution in [-0.4, -0.2) is 4.98 Å². The molecule has 1 aromatic heterocycles. The summed E-state index contributed by atoms with van der Waals surface area (Å²) in [7, 11) is 0. The number of aromatic nitrogens is 1. The van der Waals surface area contributed by atoms with Gasteiger partial charge in [0, 0.05) is 11.1 Å². The van der Waals surface area contributed by atoms with E-state index in [1.807, 2.05) is 20.0 Å². The molecule has 0 bridgehead atoms. The largest absolute Gasteiger partial charge is 0.271 e. The third-order valence-electron chi connectivity index (χ3n) is 2.04. The standard InChI is InChI=1S/C10H17N3S/c1-7(2)4-5-9(13-11)10-6-12-8(3)14-10/h6,9,13H,1,4-5,11H2,2-3H3. The van der Waals surface area contributed by atoms with Crippen LogP contribution in [0.2, 0.25) is 0 Å². The van der Waals surface area contributed by atoms with Crippen LogP contribution in [0.15, 0.2) is 18.3 Å². The molecule has 14 heavy (non-hydrogen) atoms. The second-order valence-electron chi connectivity index (χ2n) is 3.50. The topological polar surface area (TPSA) is 50.9 Å². The lowest BCUT2D eigenvalue weighted by Gasteiger charge is -2.13. The van der Waals surface area contributed by atoms with Gasteiger partial charge in [-0.15, -0.1) is 17.9 Å². The maximum Gasteiger partial charge on any atom is 0.0897 e. The van der Waals surface area contributed by atoms with E-state index < -0.39 is 0 Å². The number of allylic oxidation sites excluding steroid dienone is 1. The summed E-state index contributed by atoms with van der Waals surface area (Å²) in [6.07, 6.45) is 3.86. The third kappa shape index (κ3) is 3.21. The summed E-state index contributed by atoms with van der Waals surface area (Å²) < 4.78 is 0. The molecule has 0 saturated heterocycles. The Hall–Kier alpha value is -0.710. The lowest BCUT2D eigenvalue weighted by atomic mass is 10.1. The van der Waals surface area contributed by atoms with E-state index in [0.29, 0.717) is 0 Å². The smallest absolute Gasteiger partial charge is 0.0897 e. The van der Waals surface area contributed by atoms with Crippen LogP contribution in [-0.2, 0) is 0 Å². The van der Waals surface area contributed by atoms with Gasteiger partial charge in [0.25, 0.3) is 0 Å². The van der Waals surface area contributed by atoms with Crippen molar-refractivity contribution in [2.45, 2.75) is 32.7 Å². The number of hydrogen-bond acceptors (Lipinski definition) is 4. The maximum absolute atomic E-state index is 5.50. The molecule has 3 N–H and O–H groups in total. The van der Waals surface area contributed by atoms with E-state index >= 15 is 0 Å². The molecular weight excluding hydrogens is 194 g/mol. The number of rotatable bonds is 5. The molecule has 1 aromatic rings. The Morgan fingerprint density at radius 2 is 2.50 bits per heavy atom. The van der Waals surface area contributed by atoms with E-state index in [4.69, 9.17) is 5.84 Å². The van der Waals surface area contributed by atoms with Crippen molar-refractivity contribution >= 4 is 11.3 Å². The van der Waals surface area contributed by atoms with Crippen LogP contribution in [0.1, 0.15) is 35.7 Å². The van der Waals surface area contributed by atoms with Crippen molar-refractivity contribution in [3.05, 3.63) is 28.2 Å². The first-order valence-electron chi connectivity index (χ1n) is 4.66. The zero-order valence-corrected chi connectivity index (χ0v) is 9.53. The first kappa shape index (κ1) is 11.4. The van der Waals surface area contributed by atoms with Crippen molar-refractivity contribution in [3.8, 4) is 0 Å². The van der Waals surface area contributed by atoms with Crippen LogP contribution in [0, 0.1) is 6.92 Å². The second kappa shape index (κ2) is 5.24. The van der Waals surface area contributed by atoms with Gasteiger partial charge in [-0.3, -0.25) is 11.3 Å². The van der Waals surface area contributed by atoms with Gasteiger partial charge >= 0.3 is 0 Å². The molecule has 1 atom stereocenters. The molecule has 0 aliphatic rings. The minimum absolute atomic E-state index is 0.206. The van der Waals surface area contributed by atoms with Gasteiger partial charge in [-0.25, -0.2) is 4.98 Å². The fraction of sp³-hybridized carbons (Fsp3) is 0.500. The zero-order chi connectivity index (χ0) is 10.6. The molecule has 0 saturated carbocycles. The molecule has 0 radical (unpaired) electrons. The Balaban J connectivity index is 2.58. The van der Waals surface area contributed by atoms with Gasteiger partial charge in [0.2, 0.25) is 0 Å². The van der Waals surface area contributed by atoms with Crippen LogP contribution >= 0.6 is 11.3 Å². The van der Waals surface area contributed by atoms with Crippen molar-refractivity contribution in [2.75, 3.05) is 0 Å². The van der Waals surface area contributed by atoms with Crippen molar-refractivity contribution < 1.29 is 0 Å². The molecule has 78 valence electrons. The van der Waals surface area contributed by atoms with E-state index in [1.165, 1.54) is 10.5 Å². The van der Waals surface area contributed by atoms with Crippen LogP contribution in [0.25, 0.3) is 0 Å². The minimum atomic E-state index is 0.206. The highest BCUT2D eigenvalue weighted by atomic mass is 32.1. The number of hydrogen-bond donors (Lipinski definition) is 2. The van der Waals surface area contributed by atoms with Gasteiger partial charge in [0.15, 0.2) is 0 Å². The van der Waals surface area contributed by atoms with Crippen LogP contribution in [0.4, 0.5) is 0 Å². The molecule has 0 aromatic carbocycles. The lowest BCUT2D eigenvalue weighted by Crippen LogP contribution is -2.27. The lowest BCUT2D eigenvalue weighted by molar-refractivity contribution is 0.522. The summed E-state index contributed by atoms with van der Waals surface area (Å²) in [6, 6.07) is 0.206. The van der Waals surface area contributed by atoms with E-state index in [-0.39, 0.29) is 6.04 Å². The highest BCUT2D eigenvalue weighted by molar-refractivity contribution is 7.11. The summed E-state index contributed by atoms with van der Waals surface area (Å²) in [5.74, 6) is 5.50. The van der Waals surface area contributed by atoms with E-state index in [2.05, 4.69) is 17.0 Å². The minimum Gasteiger partial charge on any atom is -0.271 e. The molecule has 1 rings (SSSR count). The first-order valence-corrected chi connectivity index (χ1v) is 5.48. The Labute approximate surface area is 89.0 Å². The van der Waals surface area contributed by atoms with Gasteiger partial charge in [0.05, 0.1) is 11.0 Å². The highest BCUT2D eigenvalue weighted by Crippen LogP contribution is 2.24. The van der Waals surface area contributed by atoms with Crippen molar-refractivity contribution in [2.24, 2.45) is 5.84 Å². The highest BCUT2D eigenvalue weighted by Gasteiger charge is 2.11. The molecule has 1 heterocycles. The normalized spacial score (nSPS) is 12.8. The fourth-order valence-electron chi connectivity index (χ4n) is 1.24. The Bertz CT molecular complexity index is 306. The zero-order valence-electron chi connectivity index (χ0n) is 8.71. The van der Waals surface area contributed by atoms with Gasteiger partial charge in [-0.1, -0.05) is 5.57 Å². The predicted octanol–water partition coefficient (Wildman–Crippen LogP) is 2.31. The number of thiazole rings is 1. The summed E-state index contributed by atoms with van der Waals surface area (Å²) in [4.78, 5) is 5.41. The van der Waals surface area contributed by atoms with E-state index in [9.17, 15) is 0 Å². The molecule has 0 amide bonds. The number of hydrazine groups is 1. The average molecular weight is 211 g/mol. The van der Waals surface area contributed by atoms with Crippen LogP contribution in [0.3, 0.4) is 0 Å². The quantitative estimate of drug-likeness (QED) is 0.446. The number of aryl methyl sites for hydroxylation is 1. The average Bonchev–Trinajstić information content (AvgIpc) is 2.53. The molecule has 1 unspecified atom stereocenters. The Morgan fingerprint density at radius 3 is 2.93 bits per heavy atom. The van der Waals surface area contributed by atoms with E-state index in [0.717, 1.165) is 17.8 Å². The third-order valence-corrected chi connectivity index (χ3v) is 3.07. The van der Waals surface area contributed by atoms with Crippen molar-refractivity contribution in [3.63, 3.8) is 0 Å².